The molecule has 1 fully saturated rings. The Balaban J connectivity index is 1.56. The maximum Gasteiger partial charge on any atom is 0.122 e. The zero-order chi connectivity index (χ0) is 16.6. The number of nitrogens with zero attached hydrogens (tertiary/aromatic N) is 1. The van der Waals surface area contributed by atoms with Gasteiger partial charge in [-0.2, -0.15) is 0 Å². The number of fused-ring (bicyclic) bond motifs is 3. The Bertz CT molecular complexity index is 718. The monoisotopic (exact) mass is 341 g/mol. The van der Waals surface area contributed by atoms with Gasteiger partial charge in [0.15, 0.2) is 0 Å². The van der Waals surface area contributed by atoms with Crippen LogP contribution in [0.1, 0.15) is 17.0 Å². The third-order valence-electron chi connectivity index (χ3n) is 5.41. The zero-order valence-electron chi connectivity index (χ0n) is 13.9. The fraction of sp³-hybridized carbons (Fsp3) is 0.400. The molecule has 2 aromatic rings. The summed E-state index contributed by atoms with van der Waals surface area (Å²) in [5.74, 6) is 1.33. The number of hydrogen-bond donors (Lipinski definition) is 1. The van der Waals surface area contributed by atoms with Crippen molar-refractivity contribution in [2.45, 2.75) is 17.4 Å². The Morgan fingerprint density at radius 1 is 1.21 bits per heavy atom. The largest absolute Gasteiger partial charge is 0.493 e. The summed E-state index contributed by atoms with van der Waals surface area (Å²) in [6.07, 6.45) is 2.10. The fourth-order valence-electron chi connectivity index (χ4n) is 4.08. The summed E-state index contributed by atoms with van der Waals surface area (Å²) in [4.78, 5) is 3.75. The van der Waals surface area contributed by atoms with E-state index in [4.69, 9.17) is 4.74 Å². The number of hydrogen-bond acceptors (Lipinski definition) is 4. The van der Waals surface area contributed by atoms with E-state index in [1.54, 1.807) is 11.8 Å². The summed E-state index contributed by atoms with van der Waals surface area (Å²) >= 11 is 1.77. The fourth-order valence-corrected chi connectivity index (χ4v) is 4.49. The van der Waals surface area contributed by atoms with E-state index in [-0.39, 0.29) is 12.0 Å². The molecule has 3 nitrogen and oxygen atoms in total. The van der Waals surface area contributed by atoms with Crippen LogP contribution in [-0.4, -0.2) is 42.6 Å². The molecule has 0 spiro atoms. The lowest BCUT2D eigenvalue weighted by Gasteiger charge is -2.38. The molecule has 24 heavy (non-hydrogen) atoms. The molecule has 0 saturated carbocycles. The summed E-state index contributed by atoms with van der Waals surface area (Å²) in [7, 11) is 0. The highest BCUT2D eigenvalue weighted by Crippen LogP contribution is 2.49. The predicted octanol–water partition coefficient (Wildman–Crippen LogP) is 3.38. The van der Waals surface area contributed by atoms with Gasteiger partial charge in [0.1, 0.15) is 5.75 Å². The number of thioether (sulfide) groups is 1. The summed E-state index contributed by atoms with van der Waals surface area (Å²) in [6, 6.07) is 17.1. The van der Waals surface area contributed by atoms with E-state index in [0.29, 0.717) is 12.5 Å². The number of para-hydroxylation sites is 1. The summed E-state index contributed by atoms with van der Waals surface area (Å²) < 4.78 is 5.97. The van der Waals surface area contributed by atoms with E-state index in [1.807, 2.05) is 12.1 Å². The Kier molecular flexibility index (Phi) is 4.29. The molecule has 4 rings (SSSR count). The Hall–Kier alpha value is -1.49. The minimum absolute atomic E-state index is 0.173. The van der Waals surface area contributed by atoms with E-state index in [1.165, 1.54) is 16.0 Å². The number of aliphatic hydroxyl groups is 1. The quantitative estimate of drug-likeness (QED) is 0.864. The average Bonchev–Trinajstić information content (AvgIpc) is 3.01. The van der Waals surface area contributed by atoms with Crippen LogP contribution in [0.15, 0.2) is 53.4 Å². The van der Waals surface area contributed by atoms with Gasteiger partial charge in [-0.25, -0.2) is 0 Å². The molecule has 4 heteroatoms. The van der Waals surface area contributed by atoms with E-state index in [2.05, 4.69) is 47.6 Å². The molecule has 1 saturated heterocycles. The second-order valence-corrected chi connectivity index (χ2v) is 7.80. The van der Waals surface area contributed by atoms with Crippen LogP contribution in [0, 0.1) is 5.41 Å². The number of benzene rings is 2. The maximum atomic E-state index is 10.1. The molecule has 0 amide bonds. The molecule has 2 aliphatic rings. The van der Waals surface area contributed by atoms with Crippen LogP contribution in [0.25, 0.3) is 0 Å². The van der Waals surface area contributed by atoms with Gasteiger partial charge in [0.2, 0.25) is 0 Å². The first-order chi connectivity index (χ1) is 11.7. The van der Waals surface area contributed by atoms with Gasteiger partial charge in [-0.1, -0.05) is 30.3 Å². The molecular weight excluding hydrogens is 318 g/mol. The van der Waals surface area contributed by atoms with Gasteiger partial charge in [-0.3, -0.25) is 4.90 Å². The van der Waals surface area contributed by atoms with Gasteiger partial charge in [0.25, 0.3) is 0 Å². The van der Waals surface area contributed by atoms with Gasteiger partial charge < -0.3 is 9.84 Å². The van der Waals surface area contributed by atoms with Gasteiger partial charge in [0.05, 0.1) is 13.2 Å². The SMILES string of the molecule is CSc1ccc(CN2C[C@@H]3c4ccccc4OC[C@]3(CO)C2)cc1. The topological polar surface area (TPSA) is 32.7 Å². The first kappa shape index (κ1) is 16.0. The molecular formula is C20H23NO2S. The summed E-state index contributed by atoms with van der Waals surface area (Å²) in [5.41, 5.74) is 2.40. The number of rotatable bonds is 4. The van der Waals surface area contributed by atoms with Crippen molar-refractivity contribution in [3.8, 4) is 5.75 Å². The highest BCUT2D eigenvalue weighted by molar-refractivity contribution is 7.98. The molecule has 126 valence electrons. The van der Waals surface area contributed by atoms with Crippen molar-refractivity contribution in [1.29, 1.82) is 0 Å². The smallest absolute Gasteiger partial charge is 0.122 e. The Morgan fingerprint density at radius 3 is 2.75 bits per heavy atom. The van der Waals surface area contributed by atoms with E-state index in [0.717, 1.165) is 25.4 Å². The molecule has 0 unspecified atom stereocenters. The number of aliphatic hydroxyl groups excluding tert-OH is 1. The minimum atomic E-state index is -0.173. The van der Waals surface area contributed by atoms with Crippen molar-refractivity contribution in [3.05, 3.63) is 59.7 Å². The van der Waals surface area contributed by atoms with E-state index >= 15 is 0 Å². The molecule has 0 radical (unpaired) electrons. The Labute approximate surface area is 147 Å². The van der Waals surface area contributed by atoms with Crippen LogP contribution < -0.4 is 4.74 Å². The van der Waals surface area contributed by atoms with Gasteiger partial charge in [-0.05, 0) is 35.6 Å². The number of likely N-dealkylation sites (tertiary alicyclic amines) is 1. The molecule has 2 aliphatic heterocycles. The third kappa shape index (κ3) is 2.73. The first-order valence-corrected chi connectivity index (χ1v) is 9.64. The average molecular weight is 341 g/mol. The predicted molar refractivity (Wildman–Crippen MR) is 97.7 cm³/mol. The molecule has 0 aromatic heterocycles. The van der Waals surface area contributed by atoms with E-state index in [9.17, 15) is 5.11 Å². The highest BCUT2D eigenvalue weighted by atomic mass is 32.2. The zero-order valence-corrected chi connectivity index (χ0v) is 14.8. The number of ether oxygens (including phenoxy) is 1. The highest BCUT2D eigenvalue weighted by Gasteiger charge is 2.50. The van der Waals surface area contributed by atoms with Gasteiger partial charge >= 0.3 is 0 Å². The van der Waals surface area contributed by atoms with Crippen molar-refractivity contribution in [2.75, 3.05) is 32.6 Å². The van der Waals surface area contributed by atoms with Crippen molar-refractivity contribution in [2.24, 2.45) is 5.41 Å². The first-order valence-electron chi connectivity index (χ1n) is 8.42. The van der Waals surface area contributed by atoms with Crippen LogP contribution >= 0.6 is 11.8 Å². The molecule has 0 aliphatic carbocycles. The molecule has 0 bridgehead atoms. The van der Waals surface area contributed by atoms with Crippen LogP contribution in [0.3, 0.4) is 0 Å². The lowest BCUT2D eigenvalue weighted by atomic mass is 9.74. The molecule has 2 aromatic carbocycles. The van der Waals surface area contributed by atoms with Crippen LogP contribution in [0.2, 0.25) is 0 Å². The lowest BCUT2D eigenvalue weighted by Crippen LogP contribution is -2.42. The van der Waals surface area contributed by atoms with Crippen molar-refractivity contribution < 1.29 is 9.84 Å². The van der Waals surface area contributed by atoms with Crippen molar-refractivity contribution >= 4 is 11.8 Å². The van der Waals surface area contributed by atoms with Crippen molar-refractivity contribution in [3.63, 3.8) is 0 Å². The summed E-state index contributed by atoms with van der Waals surface area (Å²) in [6.45, 7) is 3.56. The molecule has 2 heterocycles. The standard InChI is InChI=1S/C20H23NO2S/c1-24-16-8-6-15(7-9-16)10-21-11-18-17-4-2-3-5-19(17)23-14-20(18,12-21)13-22/h2-9,18,22H,10-14H2,1H3/t18-,20-/m1/s1. The second-order valence-electron chi connectivity index (χ2n) is 6.92. The minimum Gasteiger partial charge on any atom is -0.493 e. The lowest BCUT2D eigenvalue weighted by molar-refractivity contribution is 0.0457. The maximum absolute atomic E-state index is 10.1. The van der Waals surface area contributed by atoms with Gasteiger partial charge in [-0.15, -0.1) is 11.8 Å². The third-order valence-corrected chi connectivity index (χ3v) is 6.15. The molecule has 2 atom stereocenters. The normalized spacial score (nSPS) is 25.8. The van der Waals surface area contributed by atoms with Crippen molar-refractivity contribution in [1.82, 2.24) is 4.90 Å². The van der Waals surface area contributed by atoms with Crippen LogP contribution in [0.5, 0.6) is 5.75 Å². The molecule has 1 N–H and O–H groups in total. The second kappa shape index (κ2) is 6.43. The Morgan fingerprint density at radius 2 is 2.00 bits per heavy atom. The van der Waals surface area contributed by atoms with Crippen LogP contribution in [0.4, 0.5) is 0 Å². The summed E-state index contributed by atoms with van der Waals surface area (Å²) in [5, 5.41) is 10.1. The van der Waals surface area contributed by atoms with Crippen LogP contribution in [-0.2, 0) is 6.54 Å². The van der Waals surface area contributed by atoms with E-state index < -0.39 is 0 Å². The van der Waals surface area contributed by atoms with Gasteiger partial charge in [0, 0.05) is 35.9 Å².